The van der Waals surface area contributed by atoms with Crippen LogP contribution in [0.4, 0.5) is 0 Å². The molecule has 0 aliphatic carbocycles. The van der Waals surface area contributed by atoms with Gasteiger partial charge < -0.3 is 10.1 Å². The Bertz CT molecular complexity index is 527. The molecule has 0 aromatic carbocycles. The number of carbonyl (C=O) groups excluding carboxylic acids is 2. The Hall–Kier alpha value is -1.85. The summed E-state index contributed by atoms with van der Waals surface area (Å²) >= 11 is 0. The molecule has 0 unspecified atom stereocenters. The van der Waals surface area contributed by atoms with Gasteiger partial charge in [-0.15, -0.1) is 0 Å². The van der Waals surface area contributed by atoms with Crippen LogP contribution in [0.15, 0.2) is 0 Å². The molecule has 0 radical (unpaired) electrons. The number of hydrogen-bond acceptors (Lipinski definition) is 4. The van der Waals surface area contributed by atoms with E-state index < -0.39 is 17.6 Å². The van der Waals surface area contributed by atoms with Crippen LogP contribution in [0.3, 0.4) is 0 Å². The third-order valence-electron chi connectivity index (χ3n) is 2.84. The average Bonchev–Trinajstić information content (AvgIpc) is 2.50. The molecule has 6 heteroatoms. The minimum Gasteiger partial charge on any atom is -0.458 e. The molecule has 0 saturated carbocycles. The first-order valence-electron chi connectivity index (χ1n) is 6.57. The van der Waals surface area contributed by atoms with Gasteiger partial charge in [0.25, 0.3) is 5.91 Å². The lowest BCUT2D eigenvalue weighted by Crippen LogP contribution is -2.42. The molecular weight excluding hydrogens is 258 g/mol. The first kappa shape index (κ1) is 16.2. The predicted molar refractivity (Wildman–Crippen MR) is 75.5 cm³/mol. The summed E-state index contributed by atoms with van der Waals surface area (Å²) in [5, 5.41) is 6.83. The Morgan fingerprint density at radius 2 is 1.85 bits per heavy atom. The van der Waals surface area contributed by atoms with Crippen molar-refractivity contribution < 1.29 is 14.3 Å². The molecule has 1 amide bonds. The van der Waals surface area contributed by atoms with Crippen LogP contribution in [-0.2, 0) is 16.6 Å². The van der Waals surface area contributed by atoms with Gasteiger partial charge in [-0.3, -0.25) is 9.48 Å². The number of hydrogen-bond donors (Lipinski definition) is 1. The van der Waals surface area contributed by atoms with E-state index in [-0.39, 0.29) is 5.91 Å². The molecule has 1 rings (SSSR count). The zero-order valence-corrected chi connectivity index (χ0v) is 13.2. The standard InChI is InChI=1S/C14H23N3O3/c1-8-11(10(3)17(7)16-8)12(18)15-9(2)13(19)20-14(4,5)6/h9H,1-7H3,(H,15,18)/t9-/m0/s1. The highest BCUT2D eigenvalue weighted by molar-refractivity contribution is 5.98. The molecule has 1 N–H and O–H groups in total. The fraction of sp³-hybridized carbons (Fsp3) is 0.643. The van der Waals surface area contributed by atoms with E-state index >= 15 is 0 Å². The van der Waals surface area contributed by atoms with Gasteiger partial charge in [0.1, 0.15) is 11.6 Å². The molecule has 0 aliphatic rings. The van der Waals surface area contributed by atoms with E-state index in [0.29, 0.717) is 11.3 Å². The van der Waals surface area contributed by atoms with Crippen LogP contribution in [0.5, 0.6) is 0 Å². The van der Waals surface area contributed by atoms with Gasteiger partial charge in [0, 0.05) is 12.7 Å². The average molecular weight is 281 g/mol. The van der Waals surface area contributed by atoms with Crippen LogP contribution in [0.2, 0.25) is 0 Å². The SMILES string of the molecule is Cc1nn(C)c(C)c1C(=O)N[C@@H](C)C(=O)OC(C)(C)C. The van der Waals surface area contributed by atoms with E-state index in [1.165, 1.54) is 0 Å². The number of carbonyl (C=O) groups is 2. The maximum absolute atomic E-state index is 12.2. The van der Waals surface area contributed by atoms with Crippen molar-refractivity contribution in [3.63, 3.8) is 0 Å². The zero-order chi connectivity index (χ0) is 15.7. The monoisotopic (exact) mass is 281 g/mol. The second-order valence-corrected chi connectivity index (χ2v) is 5.90. The summed E-state index contributed by atoms with van der Waals surface area (Å²) in [6, 6.07) is -0.708. The van der Waals surface area contributed by atoms with Gasteiger partial charge in [-0.25, -0.2) is 4.79 Å². The maximum atomic E-state index is 12.2. The van der Waals surface area contributed by atoms with Crippen molar-refractivity contribution in [3.8, 4) is 0 Å². The lowest BCUT2D eigenvalue weighted by molar-refractivity contribution is -0.156. The highest BCUT2D eigenvalue weighted by Gasteiger charge is 2.25. The van der Waals surface area contributed by atoms with Crippen LogP contribution in [0.25, 0.3) is 0 Å². The third kappa shape index (κ3) is 3.82. The smallest absolute Gasteiger partial charge is 0.328 e. The molecule has 6 nitrogen and oxygen atoms in total. The van der Waals surface area contributed by atoms with E-state index in [1.54, 1.807) is 46.3 Å². The molecule has 20 heavy (non-hydrogen) atoms. The number of ether oxygens (including phenoxy) is 1. The van der Waals surface area contributed by atoms with Crippen LogP contribution in [0.1, 0.15) is 49.4 Å². The lowest BCUT2D eigenvalue weighted by atomic mass is 10.1. The predicted octanol–water partition coefficient (Wildman–Crippen LogP) is 1.50. The molecule has 112 valence electrons. The molecule has 0 fully saturated rings. The Morgan fingerprint density at radius 3 is 2.25 bits per heavy atom. The fourth-order valence-electron chi connectivity index (χ4n) is 1.82. The topological polar surface area (TPSA) is 73.2 Å². The number of nitrogens with zero attached hydrogens (tertiary/aromatic N) is 2. The number of esters is 1. The number of aryl methyl sites for hydroxylation is 2. The molecule has 0 bridgehead atoms. The van der Waals surface area contributed by atoms with Crippen molar-refractivity contribution in [2.24, 2.45) is 7.05 Å². The van der Waals surface area contributed by atoms with Crippen molar-refractivity contribution in [1.82, 2.24) is 15.1 Å². The molecule has 1 atom stereocenters. The van der Waals surface area contributed by atoms with Gasteiger partial charge in [-0.05, 0) is 41.5 Å². The van der Waals surface area contributed by atoms with Crippen LogP contribution < -0.4 is 5.32 Å². The first-order chi connectivity index (χ1) is 9.03. The number of amides is 1. The molecule has 1 aromatic rings. The molecule has 1 heterocycles. The van der Waals surface area contributed by atoms with E-state index in [1.807, 2.05) is 6.92 Å². The number of rotatable bonds is 3. The maximum Gasteiger partial charge on any atom is 0.328 e. The fourth-order valence-corrected chi connectivity index (χ4v) is 1.82. The van der Waals surface area contributed by atoms with E-state index in [9.17, 15) is 9.59 Å². The molecule has 0 spiro atoms. The zero-order valence-electron chi connectivity index (χ0n) is 13.2. The van der Waals surface area contributed by atoms with Crippen LogP contribution in [0, 0.1) is 13.8 Å². The normalized spacial score (nSPS) is 12.9. The van der Waals surface area contributed by atoms with Crippen molar-refractivity contribution in [2.45, 2.75) is 53.2 Å². The Labute approximate surface area is 119 Å². The highest BCUT2D eigenvalue weighted by Crippen LogP contribution is 2.13. The second kappa shape index (κ2) is 5.64. The second-order valence-electron chi connectivity index (χ2n) is 5.90. The quantitative estimate of drug-likeness (QED) is 0.852. The Balaban J connectivity index is 2.78. The van der Waals surface area contributed by atoms with Crippen molar-refractivity contribution >= 4 is 11.9 Å². The van der Waals surface area contributed by atoms with E-state index in [4.69, 9.17) is 4.74 Å². The van der Waals surface area contributed by atoms with Gasteiger partial charge in [0.2, 0.25) is 0 Å². The summed E-state index contributed by atoms with van der Waals surface area (Å²) < 4.78 is 6.87. The largest absolute Gasteiger partial charge is 0.458 e. The summed E-state index contributed by atoms with van der Waals surface area (Å²) in [5.74, 6) is -0.767. The third-order valence-corrected chi connectivity index (χ3v) is 2.84. The lowest BCUT2D eigenvalue weighted by Gasteiger charge is -2.22. The molecule has 1 aromatic heterocycles. The molecular formula is C14H23N3O3. The molecule has 0 aliphatic heterocycles. The summed E-state index contributed by atoms with van der Waals surface area (Å²) in [6.45, 7) is 10.5. The van der Waals surface area contributed by atoms with Crippen molar-refractivity contribution in [2.75, 3.05) is 0 Å². The van der Waals surface area contributed by atoms with Crippen molar-refractivity contribution in [1.29, 1.82) is 0 Å². The highest BCUT2D eigenvalue weighted by atomic mass is 16.6. The summed E-state index contributed by atoms with van der Waals surface area (Å²) in [7, 11) is 1.77. The van der Waals surface area contributed by atoms with Crippen LogP contribution >= 0.6 is 0 Å². The summed E-state index contributed by atoms with van der Waals surface area (Å²) in [5.41, 5.74) is 1.33. The van der Waals surface area contributed by atoms with E-state index in [2.05, 4.69) is 10.4 Å². The Kier molecular flexibility index (Phi) is 4.57. The van der Waals surface area contributed by atoms with Gasteiger partial charge in [0.05, 0.1) is 11.3 Å². The van der Waals surface area contributed by atoms with E-state index in [0.717, 1.165) is 5.69 Å². The minimum absolute atomic E-state index is 0.313. The van der Waals surface area contributed by atoms with Gasteiger partial charge in [0.15, 0.2) is 0 Å². The van der Waals surface area contributed by atoms with Gasteiger partial charge in [-0.2, -0.15) is 5.10 Å². The van der Waals surface area contributed by atoms with Crippen molar-refractivity contribution in [3.05, 3.63) is 17.0 Å². The van der Waals surface area contributed by atoms with Gasteiger partial charge >= 0.3 is 5.97 Å². The summed E-state index contributed by atoms with van der Waals surface area (Å²) in [4.78, 5) is 24.1. The van der Waals surface area contributed by atoms with Crippen LogP contribution in [-0.4, -0.2) is 33.3 Å². The van der Waals surface area contributed by atoms with Gasteiger partial charge in [-0.1, -0.05) is 0 Å². The number of aromatic nitrogens is 2. The summed E-state index contributed by atoms with van der Waals surface area (Å²) in [6.07, 6.45) is 0. The minimum atomic E-state index is -0.708. The Morgan fingerprint density at radius 1 is 1.30 bits per heavy atom. The number of nitrogens with one attached hydrogen (secondary N) is 1. The first-order valence-corrected chi connectivity index (χ1v) is 6.57. The molecule has 0 saturated heterocycles.